The normalized spacial score (nSPS) is 10.8. The lowest BCUT2D eigenvalue weighted by Crippen LogP contribution is -2.03. The predicted molar refractivity (Wildman–Crippen MR) is 99.1 cm³/mol. The van der Waals surface area contributed by atoms with Crippen LogP contribution in [0.1, 0.15) is 12.5 Å². The molecule has 4 nitrogen and oxygen atoms in total. The summed E-state index contributed by atoms with van der Waals surface area (Å²) in [6.45, 7) is 6.69. The zero-order chi connectivity index (χ0) is 16.9. The number of hydrogen-bond acceptors (Lipinski definition) is 4. The second-order valence-corrected chi connectivity index (χ2v) is 6.82. The minimum atomic E-state index is 0.676. The molecule has 0 N–H and O–H groups in total. The van der Waals surface area contributed by atoms with Gasteiger partial charge >= 0.3 is 0 Å². The van der Waals surface area contributed by atoms with E-state index in [0.717, 1.165) is 38.5 Å². The van der Waals surface area contributed by atoms with Crippen molar-refractivity contribution in [3.8, 4) is 11.4 Å². The van der Waals surface area contributed by atoms with Crippen LogP contribution in [0.3, 0.4) is 0 Å². The van der Waals surface area contributed by atoms with E-state index in [-0.39, 0.29) is 0 Å². The molecule has 3 aromatic rings. The van der Waals surface area contributed by atoms with Crippen molar-refractivity contribution in [1.82, 2.24) is 19.7 Å². The topological polar surface area (TPSA) is 43.6 Å². The van der Waals surface area contributed by atoms with Gasteiger partial charge in [-0.15, -0.1) is 10.2 Å². The third-order valence-electron chi connectivity index (χ3n) is 3.40. The van der Waals surface area contributed by atoms with Gasteiger partial charge in [0.25, 0.3) is 0 Å². The van der Waals surface area contributed by atoms with Gasteiger partial charge in [-0.25, -0.2) is 0 Å². The van der Waals surface area contributed by atoms with Crippen LogP contribution >= 0.6 is 23.4 Å². The Morgan fingerprint density at radius 2 is 1.92 bits per heavy atom. The molecule has 0 aliphatic heterocycles. The van der Waals surface area contributed by atoms with Gasteiger partial charge in [-0.2, -0.15) is 0 Å². The van der Waals surface area contributed by atoms with E-state index in [1.54, 1.807) is 24.2 Å². The number of allylic oxidation sites excluding steroid dienone is 1. The van der Waals surface area contributed by atoms with E-state index in [4.69, 9.17) is 11.6 Å². The summed E-state index contributed by atoms with van der Waals surface area (Å²) in [6, 6.07) is 11.7. The first-order valence-electron chi connectivity index (χ1n) is 7.49. The highest BCUT2D eigenvalue weighted by molar-refractivity contribution is 7.98. The fourth-order valence-electron chi connectivity index (χ4n) is 2.28. The Balaban J connectivity index is 1.89. The maximum Gasteiger partial charge on any atom is 0.192 e. The number of thioether (sulfide) groups is 1. The van der Waals surface area contributed by atoms with E-state index in [2.05, 4.69) is 26.3 Å². The zero-order valence-electron chi connectivity index (χ0n) is 13.3. The molecular weight excluding hydrogens is 340 g/mol. The zero-order valence-corrected chi connectivity index (χ0v) is 14.9. The van der Waals surface area contributed by atoms with Gasteiger partial charge < -0.3 is 0 Å². The van der Waals surface area contributed by atoms with Crippen LogP contribution in [-0.2, 0) is 12.3 Å². The van der Waals surface area contributed by atoms with Gasteiger partial charge in [0, 0.05) is 35.3 Å². The van der Waals surface area contributed by atoms with E-state index in [1.807, 2.05) is 43.3 Å². The van der Waals surface area contributed by atoms with Gasteiger partial charge in [0.15, 0.2) is 11.0 Å². The molecule has 0 radical (unpaired) electrons. The summed E-state index contributed by atoms with van der Waals surface area (Å²) in [4.78, 5) is 4.06. The van der Waals surface area contributed by atoms with E-state index in [1.165, 1.54) is 0 Å². The second kappa shape index (κ2) is 7.64. The summed E-state index contributed by atoms with van der Waals surface area (Å²) in [5.74, 6) is 1.56. The highest BCUT2D eigenvalue weighted by Crippen LogP contribution is 2.29. The number of halogens is 1. The first-order chi connectivity index (χ1) is 11.6. The lowest BCUT2D eigenvalue weighted by Gasteiger charge is -2.10. The van der Waals surface area contributed by atoms with Crippen molar-refractivity contribution in [2.45, 2.75) is 24.4 Å². The highest BCUT2D eigenvalue weighted by Gasteiger charge is 2.15. The molecule has 0 amide bonds. The van der Waals surface area contributed by atoms with Crippen LogP contribution in [0.4, 0.5) is 0 Å². The van der Waals surface area contributed by atoms with Crippen molar-refractivity contribution in [2.24, 2.45) is 0 Å². The van der Waals surface area contributed by atoms with Crippen molar-refractivity contribution in [1.29, 1.82) is 0 Å². The molecule has 0 atom stereocenters. The molecule has 2 aromatic heterocycles. The van der Waals surface area contributed by atoms with Crippen LogP contribution in [0.5, 0.6) is 0 Å². The van der Waals surface area contributed by atoms with Crippen LogP contribution in [0.2, 0.25) is 5.02 Å². The molecule has 0 spiro atoms. The van der Waals surface area contributed by atoms with Crippen LogP contribution in [-0.4, -0.2) is 19.7 Å². The molecule has 0 saturated heterocycles. The molecule has 0 aliphatic carbocycles. The largest absolute Gasteiger partial charge is 0.298 e. The fraction of sp³-hybridized carbons (Fsp3) is 0.167. The van der Waals surface area contributed by atoms with Crippen molar-refractivity contribution in [3.63, 3.8) is 0 Å². The van der Waals surface area contributed by atoms with Gasteiger partial charge in [-0.05, 0) is 30.7 Å². The minimum absolute atomic E-state index is 0.676. The molecule has 2 heterocycles. The van der Waals surface area contributed by atoms with Crippen molar-refractivity contribution < 1.29 is 0 Å². The summed E-state index contributed by atoms with van der Waals surface area (Å²) in [5, 5.41) is 10.3. The average molecular weight is 357 g/mol. The van der Waals surface area contributed by atoms with Crippen LogP contribution in [0.15, 0.2) is 66.1 Å². The lowest BCUT2D eigenvalue weighted by molar-refractivity contribution is 0.706. The average Bonchev–Trinajstić information content (AvgIpc) is 2.97. The Labute approximate surface area is 150 Å². The molecule has 24 heavy (non-hydrogen) atoms. The minimum Gasteiger partial charge on any atom is -0.298 e. The Morgan fingerprint density at radius 3 is 2.62 bits per heavy atom. The van der Waals surface area contributed by atoms with Gasteiger partial charge in [0.1, 0.15) is 0 Å². The third-order valence-corrected chi connectivity index (χ3v) is 4.78. The van der Waals surface area contributed by atoms with E-state index >= 15 is 0 Å². The molecule has 0 bridgehead atoms. The Kier molecular flexibility index (Phi) is 5.33. The van der Waals surface area contributed by atoms with Gasteiger partial charge in [-0.3, -0.25) is 9.55 Å². The summed E-state index contributed by atoms with van der Waals surface area (Å²) in [5.41, 5.74) is 3.12. The second-order valence-electron chi connectivity index (χ2n) is 5.47. The fourth-order valence-corrected chi connectivity index (χ4v) is 3.50. The van der Waals surface area contributed by atoms with Crippen molar-refractivity contribution in [2.75, 3.05) is 0 Å². The first kappa shape index (κ1) is 16.7. The summed E-state index contributed by atoms with van der Waals surface area (Å²) >= 11 is 7.86. The smallest absolute Gasteiger partial charge is 0.192 e. The Morgan fingerprint density at radius 1 is 1.17 bits per heavy atom. The summed E-state index contributed by atoms with van der Waals surface area (Å²) in [7, 11) is 0. The van der Waals surface area contributed by atoms with E-state index in [9.17, 15) is 0 Å². The van der Waals surface area contributed by atoms with Crippen molar-refractivity contribution >= 4 is 23.4 Å². The molecule has 6 heteroatoms. The van der Waals surface area contributed by atoms with Crippen LogP contribution in [0.25, 0.3) is 11.4 Å². The predicted octanol–water partition coefficient (Wildman–Crippen LogP) is 4.86. The molecule has 1 aromatic carbocycles. The lowest BCUT2D eigenvalue weighted by atomic mass is 10.2. The van der Waals surface area contributed by atoms with E-state index in [0.29, 0.717) is 6.54 Å². The number of pyridine rings is 1. The molecule has 0 fully saturated rings. The van der Waals surface area contributed by atoms with Gasteiger partial charge in [0.2, 0.25) is 0 Å². The van der Waals surface area contributed by atoms with Gasteiger partial charge in [0.05, 0.1) is 0 Å². The van der Waals surface area contributed by atoms with Gasteiger partial charge in [-0.1, -0.05) is 53.7 Å². The third kappa shape index (κ3) is 3.86. The molecular formula is C18H17ClN4S. The SMILES string of the molecule is C=C(C)Cn1c(SCc2ccccc2Cl)nnc1-c1ccncc1. The molecule has 0 aliphatic rings. The monoisotopic (exact) mass is 356 g/mol. The maximum absolute atomic E-state index is 6.24. The van der Waals surface area contributed by atoms with Crippen LogP contribution in [0, 0.1) is 0 Å². The Bertz CT molecular complexity index is 845. The number of hydrogen-bond donors (Lipinski definition) is 0. The number of nitrogens with zero attached hydrogens (tertiary/aromatic N) is 4. The quantitative estimate of drug-likeness (QED) is 0.467. The molecule has 0 saturated carbocycles. The highest BCUT2D eigenvalue weighted by atomic mass is 35.5. The van der Waals surface area contributed by atoms with E-state index < -0.39 is 0 Å². The number of benzene rings is 1. The summed E-state index contributed by atoms with van der Waals surface area (Å²) < 4.78 is 2.08. The maximum atomic E-state index is 6.24. The summed E-state index contributed by atoms with van der Waals surface area (Å²) in [6.07, 6.45) is 3.51. The molecule has 122 valence electrons. The molecule has 3 rings (SSSR count). The molecule has 0 unspecified atom stereocenters. The standard InChI is InChI=1S/C18H17ClN4S/c1-13(2)11-23-17(14-7-9-20-10-8-14)21-22-18(23)24-12-15-5-3-4-6-16(15)19/h3-10H,1,11-12H2,2H3. The number of rotatable bonds is 6. The first-order valence-corrected chi connectivity index (χ1v) is 8.85. The Hall–Kier alpha value is -2.11. The number of aromatic nitrogens is 4. The van der Waals surface area contributed by atoms with Crippen LogP contribution < -0.4 is 0 Å². The van der Waals surface area contributed by atoms with Crippen molar-refractivity contribution in [3.05, 3.63) is 71.5 Å².